The summed E-state index contributed by atoms with van der Waals surface area (Å²) < 4.78 is 5.14. The molecule has 2 aromatic carbocycles. The van der Waals surface area contributed by atoms with Gasteiger partial charge in [-0.1, -0.05) is 24.6 Å². The number of halogens is 1. The summed E-state index contributed by atoms with van der Waals surface area (Å²) in [5.74, 6) is 0.882. The van der Waals surface area contributed by atoms with Gasteiger partial charge in [-0.15, -0.1) is 0 Å². The number of aromatic nitrogens is 2. The first kappa shape index (κ1) is 19.7. The van der Waals surface area contributed by atoms with Crippen molar-refractivity contribution in [2.75, 3.05) is 19.0 Å². The van der Waals surface area contributed by atoms with Gasteiger partial charge in [0, 0.05) is 35.1 Å². The number of methoxy groups -OCH3 is 1. The topological polar surface area (TPSA) is 96.4 Å². The highest BCUT2D eigenvalue weighted by Gasteiger charge is 2.12. The third-order valence-electron chi connectivity index (χ3n) is 4.30. The van der Waals surface area contributed by atoms with Gasteiger partial charge in [-0.3, -0.25) is 4.79 Å². The second kappa shape index (κ2) is 8.75. The number of phenols is 1. The van der Waals surface area contributed by atoms with Crippen LogP contribution >= 0.6 is 11.6 Å². The van der Waals surface area contributed by atoms with Gasteiger partial charge in [0.05, 0.1) is 12.6 Å². The van der Waals surface area contributed by atoms with Crippen LogP contribution in [0.25, 0.3) is 10.9 Å². The molecule has 3 rings (SSSR count). The molecule has 8 heteroatoms. The molecule has 0 aliphatic carbocycles. The molecule has 0 atom stereocenters. The first-order valence-electron chi connectivity index (χ1n) is 8.85. The number of benzene rings is 2. The molecule has 3 N–H and O–H groups in total. The van der Waals surface area contributed by atoms with E-state index in [1.165, 1.54) is 13.4 Å². The van der Waals surface area contributed by atoms with Gasteiger partial charge in [-0.05, 0) is 30.2 Å². The maximum absolute atomic E-state index is 11.5. The van der Waals surface area contributed by atoms with Crippen molar-refractivity contribution in [3.05, 3.63) is 47.2 Å². The van der Waals surface area contributed by atoms with Gasteiger partial charge < -0.3 is 20.5 Å². The molecule has 0 aliphatic heterocycles. The molecule has 0 fully saturated rings. The summed E-state index contributed by atoms with van der Waals surface area (Å²) in [6, 6.07) is 8.72. The van der Waals surface area contributed by atoms with E-state index in [4.69, 9.17) is 16.3 Å². The molecule has 28 heavy (non-hydrogen) atoms. The lowest BCUT2D eigenvalue weighted by atomic mass is 10.1. The molecule has 1 aromatic heterocycles. The largest absolute Gasteiger partial charge is 0.504 e. The van der Waals surface area contributed by atoms with Crippen LogP contribution in [0.1, 0.15) is 18.9 Å². The highest BCUT2D eigenvalue weighted by molar-refractivity contribution is 6.30. The molecular weight excluding hydrogens is 380 g/mol. The molecule has 0 saturated heterocycles. The summed E-state index contributed by atoms with van der Waals surface area (Å²) in [5.41, 5.74) is 2.38. The van der Waals surface area contributed by atoms with Crippen molar-refractivity contribution in [3.63, 3.8) is 0 Å². The molecule has 0 spiro atoms. The molecule has 0 saturated carbocycles. The number of ether oxygens (including phenoxy) is 1. The number of anilines is 2. The lowest BCUT2D eigenvalue weighted by Crippen LogP contribution is -2.24. The Hall–Kier alpha value is -3.06. The molecule has 0 aliphatic rings. The number of hydrogen-bond donors (Lipinski definition) is 3. The van der Waals surface area contributed by atoms with Gasteiger partial charge in [-0.2, -0.15) is 0 Å². The van der Waals surface area contributed by atoms with Crippen LogP contribution < -0.4 is 15.4 Å². The average Bonchev–Trinajstić information content (AvgIpc) is 2.69. The van der Waals surface area contributed by atoms with E-state index in [9.17, 15) is 9.90 Å². The van der Waals surface area contributed by atoms with Crippen molar-refractivity contribution in [1.82, 2.24) is 15.3 Å². The van der Waals surface area contributed by atoms with Crippen molar-refractivity contribution in [2.45, 2.75) is 19.8 Å². The number of carbonyl (C=O) groups excluding carboxylic acids is 1. The molecule has 0 unspecified atom stereocenters. The maximum Gasteiger partial charge on any atom is 0.219 e. The van der Waals surface area contributed by atoms with Crippen molar-refractivity contribution in [1.29, 1.82) is 0 Å². The van der Waals surface area contributed by atoms with Crippen LogP contribution in [0.15, 0.2) is 36.7 Å². The Kier molecular flexibility index (Phi) is 6.16. The van der Waals surface area contributed by atoms with E-state index in [0.29, 0.717) is 46.9 Å². The fraction of sp³-hybridized carbons (Fsp3) is 0.250. The van der Waals surface area contributed by atoms with E-state index in [1.807, 2.05) is 13.0 Å². The van der Waals surface area contributed by atoms with E-state index in [2.05, 4.69) is 20.6 Å². The highest BCUT2D eigenvalue weighted by atomic mass is 35.5. The van der Waals surface area contributed by atoms with Crippen LogP contribution in [-0.4, -0.2) is 34.6 Å². The summed E-state index contributed by atoms with van der Waals surface area (Å²) in [7, 11) is 1.48. The number of amides is 1. The number of carbonyl (C=O) groups is 1. The maximum atomic E-state index is 11.5. The molecule has 0 bridgehead atoms. The minimum absolute atomic E-state index is 0.00134. The van der Waals surface area contributed by atoms with Crippen LogP contribution in [0.3, 0.4) is 0 Å². The number of nitrogens with one attached hydrogen (secondary N) is 2. The summed E-state index contributed by atoms with van der Waals surface area (Å²) in [4.78, 5) is 20.0. The van der Waals surface area contributed by atoms with Gasteiger partial charge in [-0.25, -0.2) is 9.97 Å². The first-order valence-corrected chi connectivity index (χ1v) is 9.23. The van der Waals surface area contributed by atoms with Gasteiger partial charge in [0.1, 0.15) is 12.1 Å². The minimum Gasteiger partial charge on any atom is -0.504 e. The monoisotopic (exact) mass is 400 g/mol. The second-order valence-corrected chi connectivity index (χ2v) is 6.58. The van der Waals surface area contributed by atoms with Crippen molar-refractivity contribution >= 4 is 39.9 Å². The Morgan fingerprint density at radius 1 is 1.25 bits per heavy atom. The lowest BCUT2D eigenvalue weighted by Gasteiger charge is -2.14. The second-order valence-electron chi connectivity index (χ2n) is 6.14. The van der Waals surface area contributed by atoms with E-state index in [1.54, 1.807) is 24.3 Å². The fourth-order valence-electron chi connectivity index (χ4n) is 2.81. The number of aromatic hydroxyl groups is 1. The zero-order valence-electron chi connectivity index (χ0n) is 15.6. The van der Waals surface area contributed by atoms with Crippen molar-refractivity contribution in [3.8, 4) is 11.5 Å². The molecular formula is C20H21ClN4O3. The SMILES string of the molecule is CCC(=O)NCCc1ccc(Cl)cc1Nc1ncnc2cc(OC)c(O)cc12. The number of nitrogens with zero attached hydrogens (tertiary/aromatic N) is 2. The molecule has 1 heterocycles. The van der Waals surface area contributed by atoms with E-state index >= 15 is 0 Å². The van der Waals surface area contributed by atoms with Crippen molar-refractivity contribution in [2.24, 2.45) is 0 Å². The number of fused-ring (bicyclic) bond motifs is 1. The Morgan fingerprint density at radius 3 is 2.82 bits per heavy atom. The minimum atomic E-state index is 0.00134. The zero-order chi connectivity index (χ0) is 20.1. The van der Waals surface area contributed by atoms with Crippen LogP contribution in [0, 0.1) is 0 Å². The fourth-order valence-corrected chi connectivity index (χ4v) is 2.98. The van der Waals surface area contributed by atoms with E-state index in [0.717, 1.165) is 11.3 Å². The smallest absolute Gasteiger partial charge is 0.219 e. The van der Waals surface area contributed by atoms with E-state index in [-0.39, 0.29) is 11.7 Å². The highest BCUT2D eigenvalue weighted by Crippen LogP contribution is 2.34. The Labute approximate surface area is 167 Å². The lowest BCUT2D eigenvalue weighted by molar-refractivity contribution is -0.120. The van der Waals surface area contributed by atoms with Crippen molar-refractivity contribution < 1.29 is 14.6 Å². The molecule has 1 amide bonds. The number of hydrogen-bond acceptors (Lipinski definition) is 6. The quantitative estimate of drug-likeness (QED) is 0.558. The summed E-state index contributed by atoms with van der Waals surface area (Å²) in [6.45, 7) is 2.33. The first-order chi connectivity index (χ1) is 13.5. The van der Waals surface area contributed by atoms with Gasteiger partial charge in [0.15, 0.2) is 11.5 Å². The van der Waals surface area contributed by atoms with E-state index < -0.39 is 0 Å². The molecule has 3 aromatic rings. The summed E-state index contributed by atoms with van der Waals surface area (Å²) >= 11 is 6.17. The molecule has 0 radical (unpaired) electrons. The van der Waals surface area contributed by atoms with Crippen LogP contribution in [-0.2, 0) is 11.2 Å². The van der Waals surface area contributed by atoms with Gasteiger partial charge >= 0.3 is 0 Å². The third kappa shape index (κ3) is 4.43. The standard InChI is InChI=1S/C20H21ClN4O3/c1-3-19(27)22-7-6-12-4-5-13(21)8-15(12)25-20-14-9-17(26)18(28-2)10-16(14)23-11-24-20/h4-5,8-11,26H,3,6-7H2,1-2H3,(H,22,27)(H,23,24,25). The Balaban J connectivity index is 1.92. The van der Waals surface area contributed by atoms with Gasteiger partial charge in [0.25, 0.3) is 0 Å². The normalized spacial score (nSPS) is 10.7. The average molecular weight is 401 g/mol. The number of rotatable bonds is 7. The molecule has 146 valence electrons. The van der Waals surface area contributed by atoms with Crippen LogP contribution in [0.5, 0.6) is 11.5 Å². The Morgan fingerprint density at radius 2 is 2.07 bits per heavy atom. The number of phenolic OH excluding ortho intramolecular Hbond substituents is 1. The van der Waals surface area contributed by atoms with Gasteiger partial charge in [0.2, 0.25) is 5.91 Å². The summed E-state index contributed by atoms with van der Waals surface area (Å²) in [6.07, 6.45) is 2.52. The zero-order valence-corrected chi connectivity index (χ0v) is 16.4. The molecule has 7 nitrogen and oxygen atoms in total. The Bertz CT molecular complexity index is 1010. The predicted octanol–water partition coefficient (Wildman–Crippen LogP) is 3.81. The summed E-state index contributed by atoms with van der Waals surface area (Å²) in [5, 5.41) is 17.5. The predicted molar refractivity (Wildman–Crippen MR) is 109 cm³/mol. The van der Waals surface area contributed by atoms with Crippen LogP contribution in [0.4, 0.5) is 11.5 Å². The van der Waals surface area contributed by atoms with Crippen LogP contribution in [0.2, 0.25) is 5.02 Å². The third-order valence-corrected chi connectivity index (χ3v) is 4.53.